The standard InChI is InChI=1S/C15H10Cl2O2/c16-10-6-11-13(18)8-14(9-4-2-1-3-5-9)19-15(11)12(17)7-10/h1-7,14H,8H2/t14-/m1/s1. The van der Waals surface area contributed by atoms with Crippen molar-refractivity contribution in [3.8, 4) is 5.75 Å². The molecule has 1 atom stereocenters. The van der Waals surface area contributed by atoms with E-state index in [1.807, 2.05) is 30.3 Å². The van der Waals surface area contributed by atoms with Gasteiger partial charge in [-0.25, -0.2) is 0 Å². The van der Waals surface area contributed by atoms with Crippen molar-refractivity contribution in [2.24, 2.45) is 0 Å². The van der Waals surface area contributed by atoms with Gasteiger partial charge in [-0.2, -0.15) is 0 Å². The maximum Gasteiger partial charge on any atom is 0.170 e. The summed E-state index contributed by atoms with van der Waals surface area (Å²) in [6.07, 6.45) is 0.00751. The molecule has 0 unspecified atom stereocenters. The molecule has 0 N–H and O–H groups in total. The van der Waals surface area contributed by atoms with Crippen LogP contribution in [0, 0.1) is 0 Å². The zero-order chi connectivity index (χ0) is 13.4. The average Bonchev–Trinajstić information content (AvgIpc) is 2.41. The van der Waals surface area contributed by atoms with Crippen LogP contribution < -0.4 is 4.74 Å². The largest absolute Gasteiger partial charge is 0.483 e. The molecule has 2 nitrogen and oxygen atoms in total. The summed E-state index contributed by atoms with van der Waals surface area (Å²) in [5.74, 6) is 0.427. The molecule has 0 fully saturated rings. The van der Waals surface area contributed by atoms with Gasteiger partial charge in [0.2, 0.25) is 0 Å². The van der Waals surface area contributed by atoms with Gasteiger partial charge in [0.15, 0.2) is 5.78 Å². The summed E-state index contributed by atoms with van der Waals surface area (Å²) in [6.45, 7) is 0. The fourth-order valence-electron chi connectivity index (χ4n) is 2.20. The summed E-state index contributed by atoms with van der Waals surface area (Å²) < 4.78 is 5.86. The molecule has 1 aliphatic rings. The Kier molecular flexibility index (Phi) is 3.21. The van der Waals surface area contributed by atoms with E-state index in [2.05, 4.69) is 0 Å². The van der Waals surface area contributed by atoms with Crippen LogP contribution in [-0.2, 0) is 0 Å². The Morgan fingerprint density at radius 2 is 1.84 bits per heavy atom. The first-order valence-corrected chi connectivity index (χ1v) is 6.64. The Balaban J connectivity index is 2.03. The van der Waals surface area contributed by atoms with Crippen molar-refractivity contribution < 1.29 is 9.53 Å². The highest BCUT2D eigenvalue weighted by Gasteiger charge is 2.29. The lowest BCUT2D eigenvalue weighted by Crippen LogP contribution is -2.20. The molecule has 1 aliphatic heterocycles. The van der Waals surface area contributed by atoms with Crippen LogP contribution in [0.5, 0.6) is 5.75 Å². The molecule has 0 bridgehead atoms. The molecular weight excluding hydrogens is 283 g/mol. The number of fused-ring (bicyclic) bond motifs is 1. The number of Topliss-reactive ketones (excluding diaryl/α,β-unsaturated/α-hetero) is 1. The number of ether oxygens (including phenoxy) is 1. The van der Waals surface area contributed by atoms with Crippen LogP contribution in [0.25, 0.3) is 0 Å². The van der Waals surface area contributed by atoms with E-state index in [1.54, 1.807) is 12.1 Å². The minimum atomic E-state index is -0.292. The van der Waals surface area contributed by atoms with Crippen molar-refractivity contribution in [3.05, 3.63) is 63.6 Å². The predicted octanol–water partition coefficient (Wildman–Crippen LogP) is 4.70. The van der Waals surface area contributed by atoms with E-state index in [4.69, 9.17) is 27.9 Å². The molecule has 0 amide bonds. The molecule has 0 saturated heterocycles. The van der Waals surface area contributed by atoms with Crippen LogP contribution in [0.4, 0.5) is 0 Å². The second-order valence-corrected chi connectivity index (χ2v) is 5.25. The summed E-state index contributed by atoms with van der Waals surface area (Å²) in [4.78, 5) is 12.2. The smallest absolute Gasteiger partial charge is 0.170 e. The minimum absolute atomic E-state index is 0.000460. The molecule has 0 radical (unpaired) electrons. The van der Waals surface area contributed by atoms with E-state index in [0.29, 0.717) is 27.8 Å². The zero-order valence-corrected chi connectivity index (χ0v) is 11.4. The number of carbonyl (C=O) groups is 1. The van der Waals surface area contributed by atoms with Gasteiger partial charge in [0, 0.05) is 5.02 Å². The summed E-state index contributed by atoms with van der Waals surface area (Å²) in [7, 11) is 0. The highest BCUT2D eigenvalue weighted by atomic mass is 35.5. The molecule has 4 heteroatoms. The van der Waals surface area contributed by atoms with Crippen molar-refractivity contribution in [1.29, 1.82) is 0 Å². The van der Waals surface area contributed by atoms with Gasteiger partial charge in [-0.05, 0) is 17.7 Å². The Morgan fingerprint density at radius 1 is 1.11 bits per heavy atom. The van der Waals surface area contributed by atoms with Gasteiger partial charge < -0.3 is 4.74 Å². The SMILES string of the molecule is O=C1C[C@H](c2ccccc2)Oc2c(Cl)cc(Cl)cc21. The Morgan fingerprint density at radius 3 is 2.58 bits per heavy atom. The van der Waals surface area contributed by atoms with Crippen LogP contribution in [-0.4, -0.2) is 5.78 Å². The molecule has 0 aromatic heterocycles. The topological polar surface area (TPSA) is 26.3 Å². The van der Waals surface area contributed by atoms with Crippen molar-refractivity contribution in [3.63, 3.8) is 0 Å². The molecular formula is C15H10Cl2O2. The third-order valence-electron chi connectivity index (χ3n) is 3.11. The second kappa shape index (κ2) is 4.87. The maximum atomic E-state index is 12.2. The fourth-order valence-corrected chi connectivity index (χ4v) is 2.74. The number of halogens is 2. The first-order valence-electron chi connectivity index (χ1n) is 5.89. The Labute approximate surface area is 120 Å². The maximum absolute atomic E-state index is 12.2. The van der Waals surface area contributed by atoms with Gasteiger partial charge in [0.05, 0.1) is 17.0 Å². The fraction of sp³-hybridized carbons (Fsp3) is 0.133. The van der Waals surface area contributed by atoms with Crippen LogP contribution in [0.2, 0.25) is 10.0 Å². The van der Waals surface area contributed by atoms with E-state index in [9.17, 15) is 4.79 Å². The molecule has 3 rings (SSSR count). The van der Waals surface area contributed by atoms with Gasteiger partial charge >= 0.3 is 0 Å². The second-order valence-electron chi connectivity index (χ2n) is 4.41. The summed E-state index contributed by atoms with van der Waals surface area (Å²) >= 11 is 12.0. The number of rotatable bonds is 1. The molecule has 2 aromatic rings. The van der Waals surface area contributed by atoms with Gasteiger partial charge in [0.25, 0.3) is 0 Å². The lowest BCUT2D eigenvalue weighted by molar-refractivity contribution is 0.0850. The van der Waals surface area contributed by atoms with Crippen molar-refractivity contribution in [2.75, 3.05) is 0 Å². The van der Waals surface area contributed by atoms with Gasteiger partial charge in [-0.3, -0.25) is 4.79 Å². The van der Waals surface area contributed by atoms with Crippen LogP contribution in [0.1, 0.15) is 28.4 Å². The molecule has 1 heterocycles. The third kappa shape index (κ3) is 2.34. The Hall–Kier alpha value is -1.51. The van der Waals surface area contributed by atoms with Crippen LogP contribution in [0.15, 0.2) is 42.5 Å². The molecule has 19 heavy (non-hydrogen) atoms. The molecule has 0 saturated carbocycles. The van der Waals surface area contributed by atoms with Gasteiger partial charge in [0.1, 0.15) is 11.9 Å². The van der Waals surface area contributed by atoms with Crippen LogP contribution in [0.3, 0.4) is 0 Å². The first-order chi connectivity index (χ1) is 9.15. The number of hydrogen-bond acceptors (Lipinski definition) is 2. The summed E-state index contributed by atoms with van der Waals surface area (Å²) in [6, 6.07) is 12.8. The van der Waals surface area contributed by atoms with Crippen molar-refractivity contribution in [1.82, 2.24) is 0 Å². The van der Waals surface area contributed by atoms with E-state index in [0.717, 1.165) is 5.56 Å². The van der Waals surface area contributed by atoms with E-state index in [-0.39, 0.29) is 11.9 Å². The average molecular weight is 293 g/mol. The van der Waals surface area contributed by atoms with E-state index in [1.165, 1.54) is 0 Å². The lowest BCUT2D eigenvalue weighted by atomic mass is 9.96. The molecule has 0 spiro atoms. The van der Waals surface area contributed by atoms with Gasteiger partial charge in [-0.15, -0.1) is 0 Å². The van der Waals surface area contributed by atoms with Gasteiger partial charge in [-0.1, -0.05) is 53.5 Å². The summed E-state index contributed by atoms with van der Waals surface area (Å²) in [5, 5.41) is 0.815. The minimum Gasteiger partial charge on any atom is -0.483 e. The third-order valence-corrected chi connectivity index (χ3v) is 3.61. The number of carbonyl (C=O) groups excluding carboxylic acids is 1. The van der Waals surface area contributed by atoms with Crippen molar-refractivity contribution >= 4 is 29.0 Å². The number of benzene rings is 2. The molecule has 2 aromatic carbocycles. The number of hydrogen-bond donors (Lipinski definition) is 0. The molecule has 96 valence electrons. The lowest BCUT2D eigenvalue weighted by Gasteiger charge is -2.26. The van der Waals surface area contributed by atoms with Crippen molar-refractivity contribution in [2.45, 2.75) is 12.5 Å². The normalized spacial score (nSPS) is 17.8. The Bertz CT molecular complexity index is 638. The quantitative estimate of drug-likeness (QED) is 0.761. The molecule has 0 aliphatic carbocycles. The highest BCUT2D eigenvalue weighted by Crippen LogP contribution is 2.41. The summed E-state index contributed by atoms with van der Waals surface area (Å²) in [5.41, 5.74) is 1.43. The van der Waals surface area contributed by atoms with E-state index >= 15 is 0 Å². The predicted molar refractivity (Wildman–Crippen MR) is 75.2 cm³/mol. The number of ketones is 1. The monoisotopic (exact) mass is 292 g/mol. The highest BCUT2D eigenvalue weighted by molar-refractivity contribution is 6.36. The van der Waals surface area contributed by atoms with Crippen LogP contribution >= 0.6 is 23.2 Å². The van der Waals surface area contributed by atoms with E-state index < -0.39 is 0 Å². The first kappa shape index (κ1) is 12.5. The zero-order valence-electron chi connectivity index (χ0n) is 9.90.